The Hall–Kier alpha value is -1.29. The summed E-state index contributed by atoms with van der Waals surface area (Å²) in [6, 6.07) is 0. The highest BCUT2D eigenvalue weighted by Crippen LogP contribution is 2.01. The summed E-state index contributed by atoms with van der Waals surface area (Å²) in [4.78, 5) is 19.5. The van der Waals surface area contributed by atoms with Crippen LogP contribution >= 0.6 is 0 Å². The SMILES string of the molecule is COCCCC(=O)c1cnc(C)cn1. The Morgan fingerprint density at radius 2 is 2.21 bits per heavy atom. The highest BCUT2D eigenvalue weighted by molar-refractivity contribution is 5.93. The van der Waals surface area contributed by atoms with Gasteiger partial charge in [0, 0.05) is 26.3 Å². The van der Waals surface area contributed by atoms with Crippen molar-refractivity contribution in [1.82, 2.24) is 9.97 Å². The van der Waals surface area contributed by atoms with Gasteiger partial charge in [-0.2, -0.15) is 0 Å². The first kappa shape index (κ1) is 10.8. The molecule has 0 amide bonds. The molecule has 0 aliphatic rings. The average molecular weight is 194 g/mol. The Morgan fingerprint density at radius 1 is 1.43 bits per heavy atom. The minimum absolute atomic E-state index is 0.0227. The highest BCUT2D eigenvalue weighted by atomic mass is 16.5. The molecule has 0 aliphatic carbocycles. The van der Waals surface area contributed by atoms with E-state index in [2.05, 4.69) is 9.97 Å². The Balaban J connectivity index is 2.48. The Kier molecular flexibility index (Phi) is 4.19. The number of carbonyl (C=O) groups is 1. The fourth-order valence-electron chi connectivity index (χ4n) is 1.04. The van der Waals surface area contributed by atoms with Crippen LogP contribution in [0.25, 0.3) is 0 Å². The molecule has 1 aromatic heterocycles. The molecular formula is C10H14N2O2. The summed E-state index contributed by atoms with van der Waals surface area (Å²) in [5.41, 5.74) is 1.25. The molecule has 0 N–H and O–H groups in total. The molecule has 0 unspecified atom stereocenters. The lowest BCUT2D eigenvalue weighted by atomic mass is 10.2. The number of hydrogen-bond acceptors (Lipinski definition) is 4. The number of nitrogens with zero attached hydrogens (tertiary/aromatic N) is 2. The molecule has 1 heterocycles. The van der Waals surface area contributed by atoms with Gasteiger partial charge in [0.2, 0.25) is 0 Å². The maximum Gasteiger partial charge on any atom is 0.182 e. The zero-order valence-corrected chi connectivity index (χ0v) is 8.49. The van der Waals surface area contributed by atoms with E-state index >= 15 is 0 Å². The van der Waals surface area contributed by atoms with Crippen LogP contribution in [0.1, 0.15) is 29.0 Å². The quantitative estimate of drug-likeness (QED) is 0.525. The van der Waals surface area contributed by atoms with Crippen molar-refractivity contribution in [2.75, 3.05) is 13.7 Å². The van der Waals surface area contributed by atoms with Crippen molar-refractivity contribution < 1.29 is 9.53 Å². The summed E-state index contributed by atoms with van der Waals surface area (Å²) >= 11 is 0. The number of carbonyl (C=O) groups excluding carboxylic acids is 1. The Bertz CT molecular complexity index is 295. The van der Waals surface area contributed by atoms with Crippen LogP contribution < -0.4 is 0 Å². The number of aromatic nitrogens is 2. The van der Waals surface area contributed by atoms with Gasteiger partial charge in [-0.3, -0.25) is 9.78 Å². The molecule has 4 nitrogen and oxygen atoms in total. The van der Waals surface area contributed by atoms with Gasteiger partial charge in [0.1, 0.15) is 5.69 Å². The Morgan fingerprint density at radius 3 is 2.79 bits per heavy atom. The average Bonchev–Trinajstić information content (AvgIpc) is 2.19. The standard InChI is InChI=1S/C10H14N2O2/c1-8-6-12-9(7-11-8)10(13)4-3-5-14-2/h6-7H,3-5H2,1-2H3. The van der Waals surface area contributed by atoms with Crippen LogP contribution in [0.4, 0.5) is 0 Å². The fraction of sp³-hybridized carbons (Fsp3) is 0.500. The third kappa shape index (κ3) is 3.22. The molecule has 0 saturated carbocycles. The smallest absolute Gasteiger partial charge is 0.182 e. The maximum atomic E-state index is 11.5. The molecule has 0 atom stereocenters. The summed E-state index contributed by atoms with van der Waals surface area (Å²) in [7, 11) is 1.62. The fourth-order valence-corrected chi connectivity index (χ4v) is 1.04. The molecular weight excluding hydrogens is 180 g/mol. The van der Waals surface area contributed by atoms with E-state index in [1.165, 1.54) is 6.20 Å². The predicted octanol–water partition coefficient (Wildman–Crippen LogP) is 1.39. The van der Waals surface area contributed by atoms with E-state index in [0.717, 1.165) is 12.1 Å². The number of aryl methyl sites for hydroxylation is 1. The molecule has 14 heavy (non-hydrogen) atoms. The van der Waals surface area contributed by atoms with Gasteiger partial charge in [-0.15, -0.1) is 0 Å². The third-order valence-corrected chi connectivity index (χ3v) is 1.82. The monoisotopic (exact) mass is 194 g/mol. The van der Waals surface area contributed by atoms with E-state index in [1.807, 2.05) is 6.92 Å². The third-order valence-electron chi connectivity index (χ3n) is 1.82. The summed E-state index contributed by atoms with van der Waals surface area (Å²) in [6.45, 7) is 2.44. The van der Waals surface area contributed by atoms with Gasteiger partial charge in [0.25, 0.3) is 0 Å². The van der Waals surface area contributed by atoms with Gasteiger partial charge in [-0.1, -0.05) is 0 Å². The number of ether oxygens (including phenoxy) is 1. The highest BCUT2D eigenvalue weighted by Gasteiger charge is 2.06. The van der Waals surface area contributed by atoms with E-state index in [4.69, 9.17) is 4.74 Å². The van der Waals surface area contributed by atoms with Crippen molar-refractivity contribution in [3.63, 3.8) is 0 Å². The first-order valence-corrected chi connectivity index (χ1v) is 4.55. The molecule has 0 aromatic carbocycles. The minimum atomic E-state index is 0.0227. The van der Waals surface area contributed by atoms with Crippen molar-refractivity contribution >= 4 is 5.78 Å². The van der Waals surface area contributed by atoms with E-state index < -0.39 is 0 Å². The zero-order chi connectivity index (χ0) is 10.4. The maximum absolute atomic E-state index is 11.5. The molecule has 0 aliphatic heterocycles. The van der Waals surface area contributed by atoms with Crippen molar-refractivity contribution in [2.45, 2.75) is 19.8 Å². The predicted molar refractivity (Wildman–Crippen MR) is 52.2 cm³/mol. The summed E-state index contributed by atoms with van der Waals surface area (Å²) in [5.74, 6) is 0.0227. The lowest BCUT2D eigenvalue weighted by molar-refractivity contribution is 0.0958. The number of Topliss-reactive ketones (excluding diaryl/α,β-unsaturated/α-hetero) is 1. The Labute approximate surface area is 83.3 Å². The molecule has 4 heteroatoms. The lowest BCUT2D eigenvalue weighted by Gasteiger charge is -1.99. The van der Waals surface area contributed by atoms with Crippen LogP contribution in [0.2, 0.25) is 0 Å². The second kappa shape index (κ2) is 5.44. The zero-order valence-electron chi connectivity index (χ0n) is 8.49. The number of hydrogen-bond donors (Lipinski definition) is 0. The van der Waals surface area contributed by atoms with E-state index in [9.17, 15) is 4.79 Å². The summed E-state index contributed by atoms with van der Waals surface area (Å²) < 4.78 is 4.86. The van der Waals surface area contributed by atoms with Gasteiger partial charge in [0.05, 0.1) is 11.9 Å². The molecule has 1 rings (SSSR count). The number of ketones is 1. The largest absolute Gasteiger partial charge is 0.385 e. The van der Waals surface area contributed by atoms with Gasteiger partial charge in [0.15, 0.2) is 5.78 Å². The second-order valence-corrected chi connectivity index (χ2v) is 3.06. The molecule has 0 fully saturated rings. The molecule has 1 aromatic rings. The lowest BCUT2D eigenvalue weighted by Crippen LogP contribution is -2.04. The van der Waals surface area contributed by atoms with Gasteiger partial charge < -0.3 is 4.74 Å². The van der Waals surface area contributed by atoms with Gasteiger partial charge in [-0.25, -0.2) is 4.98 Å². The van der Waals surface area contributed by atoms with Crippen molar-refractivity contribution in [2.24, 2.45) is 0 Å². The van der Waals surface area contributed by atoms with Crippen molar-refractivity contribution in [3.05, 3.63) is 23.8 Å². The molecule has 0 bridgehead atoms. The van der Waals surface area contributed by atoms with Crippen molar-refractivity contribution in [1.29, 1.82) is 0 Å². The topological polar surface area (TPSA) is 52.1 Å². The number of methoxy groups -OCH3 is 1. The van der Waals surface area contributed by atoms with Gasteiger partial charge >= 0.3 is 0 Å². The van der Waals surface area contributed by atoms with Crippen LogP contribution in [0.3, 0.4) is 0 Å². The van der Waals surface area contributed by atoms with E-state index in [-0.39, 0.29) is 5.78 Å². The molecule has 76 valence electrons. The normalized spacial score (nSPS) is 10.1. The second-order valence-electron chi connectivity index (χ2n) is 3.06. The van der Waals surface area contributed by atoms with Crippen LogP contribution in [0.5, 0.6) is 0 Å². The molecule has 0 saturated heterocycles. The van der Waals surface area contributed by atoms with Crippen LogP contribution in [-0.2, 0) is 4.74 Å². The van der Waals surface area contributed by atoms with Crippen LogP contribution in [-0.4, -0.2) is 29.5 Å². The number of rotatable bonds is 5. The van der Waals surface area contributed by atoms with Crippen molar-refractivity contribution in [3.8, 4) is 0 Å². The van der Waals surface area contributed by atoms with Crippen LogP contribution in [0.15, 0.2) is 12.4 Å². The summed E-state index contributed by atoms with van der Waals surface area (Å²) in [5, 5.41) is 0. The summed E-state index contributed by atoms with van der Waals surface area (Å²) in [6.07, 6.45) is 4.31. The van der Waals surface area contributed by atoms with E-state index in [1.54, 1.807) is 13.3 Å². The minimum Gasteiger partial charge on any atom is -0.385 e. The first-order valence-electron chi connectivity index (χ1n) is 4.55. The first-order chi connectivity index (χ1) is 6.74. The van der Waals surface area contributed by atoms with E-state index in [0.29, 0.717) is 18.7 Å². The van der Waals surface area contributed by atoms with Gasteiger partial charge in [-0.05, 0) is 13.3 Å². The molecule has 0 radical (unpaired) electrons. The molecule has 0 spiro atoms. The van der Waals surface area contributed by atoms with Crippen LogP contribution in [0, 0.1) is 6.92 Å².